The van der Waals surface area contributed by atoms with Gasteiger partial charge in [0.15, 0.2) is 5.37 Å². The fraction of sp³-hybridized carbons (Fsp3) is 1.00. The molecule has 1 saturated heterocycles. The molecule has 6 nitrogen and oxygen atoms in total. The van der Waals surface area contributed by atoms with Gasteiger partial charge >= 0.3 is 0 Å². The summed E-state index contributed by atoms with van der Waals surface area (Å²) in [5.74, 6) is 0. The van der Waals surface area contributed by atoms with E-state index in [1.54, 1.807) is 0 Å². The van der Waals surface area contributed by atoms with E-state index in [0.29, 0.717) is 0 Å². The molecule has 1 aliphatic heterocycles. The number of piperidine rings is 1. The van der Waals surface area contributed by atoms with Crippen LogP contribution in [0.4, 0.5) is 0 Å². The van der Waals surface area contributed by atoms with Gasteiger partial charge in [0.25, 0.3) is 10.1 Å². The molecule has 0 spiro atoms. The maximum absolute atomic E-state index is 10.6. The van der Waals surface area contributed by atoms with Crippen molar-refractivity contribution in [2.75, 3.05) is 6.54 Å². The predicted molar refractivity (Wildman–Crippen MR) is 40.0 cm³/mol. The number of hydrogen-bond donors (Lipinski definition) is 4. The maximum Gasteiger partial charge on any atom is 0.283 e. The first kappa shape index (κ1) is 9.87. The summed E-state index contributed by atoms with van der Waals surface area (Å²) in [6.45, 7) is 0.0571. The van der Waals surface area contributed by atoms with Gasteiger partial charge < -0.3 is 10.2 Å². The number of rotatable bonds is 1. The molecule has 12 heavy (non-hydrogen) atoms. The van der Waals surface area contributed by atoms with E-state index in [2.05, 4.69) is 5.32 Å². The van der Waals surface area contributed by atoms with Gasteiger partial charge in [0, 0.05) is 13.0 Å². The zero-order valence-corrected chi connectivity index (χ0v) is 7.03. The number of aliphatic hydroxyl groups excluding tert-OH is 2. The summed E-state index contributed by atoms with van der Waals surface area (Å²) in [7, 11) is -4.27. The van der Waals surface area contributed by atoms with E-state index < -0.39 is 27.7 Å². The van der Waals surface area contributed by atoms with Crippen LogP contribution in [0.15, 0.2) is 0 Å². The van der Waals surface area contributed by atoms with Crippen LogP contribution in [0.25, 0.3) is 0 Å². The van der Waals surface area contributed by atoms with Gasteiger partial charge in [0.05, 0.1) is 12.2 Å². The van der Waals surface area contributed by atoms with Crippen molar-refractivity contribution in [3.05, 3.63) is 0 Å². The highest BCUT2D eigenvalue weighted by Gasteiger charge is 2.35. The standard InChI is InChI=1S/C5H11NO5S/c7-3-1-4(8)5(6-2-3)12(9,10)11/h3-8H,1-2H2,(H,9,10,11)/t3-,4+,5-/m0/s1. The summed E-state index contributed by atoms with van der Waals surface area (Å²) in [6.07, 6.45) is -2.07. The Labute approximate surface area is 70.0 Å². The molecule has 0 aromatic heterocycles. The van der Waals surface area contributed by atoms with Gasteiger partial charge in [-0.1, -0.05) is 0 Å². The highest BCUT2D eigenvalue weighted by Crippen LogP contribution is 2.12. The third kappa shape index (κ3) is 2.14. The Bertz CT molecular complexity index is 251. The molecule has 0 aromatic carbocycles. The van der Waals surface area contributed by atoms with Crippen LogP contribution in [-0.4, -0.2) is 47.3 Å². The average molecular weight is 197 g/mol. The molecular formula is C5H11NO5S. The second kappa shape index (κ2) is 3.27. The van der Waals surface area contributed by atoms with Crippen molar-refractivity contribution in [2.24, 2.45) is 0 Å². The molecule has 3 atom stereocenters. The molecule has 72 valence electrons. The van der Waals surface area contributed by atoms with Gasteiger partial charge in [-0.25, -0.2) is 0 Å². The lowest BCUT2D eigenvalue weighted by Crippen LogP contribution is -2.54. The smallest absolute Gasteiger partial charge is 0.283 e. The Morgan fingerprint density at radius 1 is 1.33 bits per heavy atom. The molecule has 1 heterocycles. The molecule has 0 aliphatic carbocycles. The van der Waals surface area contributed by atoms with E-state index in [0.717, 1.165) is 0 Å². The molecule has 1 fully saturated rings. The monoisotopic (exact) mass is 197 g/mol. The second-order valence-corrected chi connectivity index (χ2v) is 4.34. The Hall–Kier alpha value is -0.210. The first-order chi connectivity index (χ1) is 5.41. The number of hydrogen-bond acceptors (Lipinski definition) is 5. The van der Waals surface area contributed by atoms with Gasteiger partial charge in [-0.2, -0.15) is 8.42 Å². The van der Waals surface area contributed by atoms with E-state index in [9.17, 15) is 8.42 Å². The highest BCUT2D eigenvalue weighted by molar-refractivity contribution is 7.86. The summed E-state index contributed by atoms with van der Waals surface area (Å²) in [5.41, 5.74) is 0. The molecule has 1 rings (SSSR count). The van der Waals surface area contributed by atoms with Crippen LogP contribution >= 0.6 is 0 Å². The molecular weight excluding hydrogens is 186 g/mol. The van der Waals surface area contributed by atoms with Gasteiger partial charge in [0.1, 0.15) is 0 Å². The fourth-order valence-corrected chi connectivity index (χ4v) is 1.99. The number of aliphatic hydroxyl groups is 2. The van der Waals surface area contributed by atoms with Crippen LogP contribution in [0, 0.1) is 0 Å². The van der Waals surface area contributed by atoms with Gasteiger partial charge in [-0.3, -0.25) is 9.87 Å². The molecule has 4 N–H and O–H groups in total. The highest BCUT2D eigenvalue weighted by atomic mass is 32.2. The molecule has 0 bridgehead atoms. The average Bonchev–Trinajstić information content (AvgIpc) is 1.83. The molecule has 0 saturated carbocycles. The first-order valence-electron chi connectivity index (χ1n) is 3.47. The Kier molecular flexibility index (Phi) is 2.69. The van der Waals surface area contributed by atoms with Gasteiger partial charge in [-0.15, -0.1) is 0 Å². The van der Waals surface area contributed by atoms with Crippen molar-refractivity contribution in [3.8, 4) is 0 Å². The second-order valence-electron chi connectivity index (χ2n) is 2.80. The van der Waals surface area contributed by atoms with Gasteiger partial charge in [-0.05, 0) is 0 Å². The minimum Gasteiger partial charge on any atom is -0.392 e. The van der Waals surface area contributed by atoms with Crippen LogP contribution in [-0.2, 0) is 10.1 Å². The number of nitrogens with one attached hydrogen (secondary N) is 1. The first-order valence-corrected chi connectivity index (χ1v) is 4.97. The van der Waals surface area contributed by atoms with Crippen molar-refractivity contribution in [1.29, 1.82) is 0 Å². The Balaban J connectivity index is 2.69. The lowest BCUT2D eigenvalue weighted by Gasteiger charge is -2.29. The SMILES string of the molecule is O=S(=O)(O)[C@@H]1NC[C@@H](O)C[C@H]1O. The quantitative estimate of drug-likeness (QED) is 0.359. The summed E-state index contributed by atoms with van der Waals surface area (Å²) < 4.78 is 29.7. The minimum atomic E-state index is -4.27. The fourth-order valence-electron chi connectivity index (χ4n) is 1.18. The van der Waals surface area contributed by atoms with Crippen molar-refractivity contribution < 1.29 is 23.2 Å². The van der Waals surface area contributed by atoms with Crippen LogP contribution in [0.2, 0.25) is 0 Å². The lowest BCUT2D eigenvalue weighted by atomic mass is 10.1. The Morgan fingerprint density at radius 3 is 2.33 bits per heavy atom. The van der Waals surface area contributed by atoms with Crippen molar-refractivity contribution in [3.63, 3.8) is 0 Å². The van der Waals surface area contributed by atoms with Crippen molar-refractivity contribution in [1.82, 2.24) is 5.32 Å². The van der Waals surface area contributed by atoms with Crippen LogP contribution in [0.3, 0.4) is 0 Å². The normalized spacial score (nSPS) is 38.1. The maximum atomic E-state index is 10.6. The van der Waals surface area contributed by atoms with Crippen LogP contribution < -0.4 is 5.32 Å². The van der Waals surface area contributed by atoms with E-state index in [1.807, 2.05) is 0 Å². The molecule has 0 unspecified atom stereocenters. The summed E-state index contributed by atoms with van der Waals surface area (Å²) in [4.78, 5) is 0. The predicted octanol–water partition coefficient (Wildman–Crippen LogP) is -2.08. The van der Waals surface area contributed by atoms with E-state index in [1.165, 1.54) is 0 Å². The Morgan fingerprint density at radius 2 is 1.92 bits per heavy atom. The molecule has 1 aliphatic rings. The zero-order chi connectivity index (χ0) is 9.35. The molecule has 0 amide bonds. The largest absolute Gasteiger partial charge is 0.392 e. The lowest BCUT2D eigenvalue weighted by molar-refractivity contribution is 0.0407. The molecule has 0 radical (unpaired) electrons. The summed E-state index contributed by atoms with van der Waals surface area (Å²) in [6, 6.07) is 0. The van der Waals surface area contributed by atoms with E-state index >= 15 is 0 Å². The summed E-state index contributed by atoms with van der Waals surface area (Å²) in [5, 5.41) is 19.0. The molecule has 0 aromatic rings. The third-order valence-corrected chi connectivity index (χ3v) is 2.86. The summed E-state index contributed by atoms with van der Waals surface area (Å²) >= 11 is 0. The molecule has 7 heteroatoms. The van der Waals surface area contributed by atoms with E-state index in [4.69, 9.17) is 14.8 Å². The van der Waals surface area contributed by atoms with Crippen LogP contribution in [0.5, 0.6) is 0 Å². The topological polar surface area (TPSA) is 107 Å². The number of β-amino-alcohol motifs (C(OH)–C–C–N with tert-alkyl or cyclic N) is 1. The van der Waals surface area contributed by atoms with Crippen LogP contribution in [0.1, 0.15) is 6.42 Å². The van der Waals surface area contributed by atoms with Crippen molar-refractivity contribution >= 4 is 10.1 Å². The van der Waals surface area contributed by atoms with E-state index in [-0.39, 0.29) is 13.0 Å². The third-order valence-electron chi connectivity index (χ3n) is 1.74. The van der Waals surface area contributed by atoms with Gasteiger partial charge in [0.2, 0.25) is 0 Å². The zero-order valence-electron chi connectivity index (χ0n) is 6.21. The minimum absolute atomic E-state index is 0.0442. The van der Waals surface area contributed by atoms with Crippen molar-refractivity contribution in [2.45, 2.75) is 24.0 Å².